The van der Waals surface area contributed by atoms with Crippen LogP contribution in [0.3, 0.4) is 0 Å². The van der Waals surface area contributed by atoms with Crippen LogP contribution < -0.4 is 15.8 Å². The summed E-state index contributed by atoms with van der Waals surface area (Å²) in [6.07, 6.45) is 3.32. The van der Waals surface area contributed by atoms with Gasteiger partial charge in [-0.05, 0) is 31.5 Å². The van der Waals surface area contributed by atoms with Crippen LogP contribution in [0.5, 0.6) is 5.88 Å². The molecule has 2 aromatic heterocycles. The summed E-state index contributed by atoms with van der Waals surface area (Å²) in [6, 6.07) is 5.96. The fourth-order valence-corrected chi connectivity index (χ4v) is 2.89. The van der Waals surface area contributed by atoms with Gasteiger partial charge < -0.3 is 14.5 Å². The third-order valence-corrected chi connectivity index (χ3v) is 3.94. The van der Waals surface area contributed by atoms with Crippen LogP contribution in [0.15, 0.2) is 39.8 Å². The third kappa shape index (κ3) is 2.98. The van der Waals surface area contributed by atoms with Gasteiger partial charge in [-0.2, -0.15) is 0 Å². The monoisotopic (exact) mass is 339 g/mol. The number of ether oxygens (including phenoxy) is 1. The molecule has 0 saturated heterocycles. The number of nitrogens with zero attached hydrogens (tertiary/aromatic N) is 3. The lowest BCUT2D eigenvalue weighted by Crippen LogP contribution is -2.07. The second kappa shape index (κ2) is 6.04. The average Bonchev–Trinajstić information content (AvgIpc) is 3.19. The number of aromatic amines is 1. The van der Waals surface area contributed by atoms with E-state index in [0.29, 0.717) is 18.3 Å². The molecule has 1 aromatic carbocycles. The number of hydrogen-bond acceptors (Lipinski definition) is 7. The van der Waals surface area contributed by atoms with Crippen LogP contribution in [0.25, 0.3) is 11.3 Å². The number of H-pyrrole nitrogens is 1. The van der Waals surface area contributed by atoms with E-state index in [9.17, 15) is 4.79 Å². The average molecular weight is 339 g/mol. The Kier molecular flexibility index (Phi) is 3.72. The molecule has 0 fully saturated rings. The molecular formula is C17H17N5O3. The summed E-state index contributed by atoms with van der Waals surface area (Å²) in [5.41, 5.74) is 3.62. The van der Waals surface area contributed by atoms with Crippen LogP contribution in [0.1, 0.15) is 31.2 Å². The maximum atomic E-state index is 11.2. The number of anilines is 1. The van der Waals surface area contributed by atoms with E-state index >= 15 is 0 Å². The molecule has 3 aromatic rings. The standard InChI is InChI=1S/C17H17N5O3/c1-9(2)24-15-8-18-7-14(20-15)10-3-4-13-11(5-10)12(6-19-13)16-21-22-17(23)25-16/h3-5,7-9,12,19H,6H2,1-2H3,(H,22,23). The minimum atomic E-state index is -0.552. The molecule has 0 saturated carbocycles. The van der Waals surface area contributed by atoms with Gasteiger partial charge in [0, 0.05) is 17.8 Å². The topological polar surface area (TPSA) is 106 Å². The largest absolute Gasteiger partial charge is 0.474 e. The second-order valence-corrected chi connectivity index (χ2v) is 6.10. The smallest absolute Gasteiger partial charge is 0.434 e. The molecule has 25 heavy (non-hydrogen) atoms. The Morgan fingerprint density at radius 1 is 1.32 bits per heavy atom. The molecule has 0 spiro atoms. The first-order chi connectivity index (χ1) is 12.1. The predicted octanol–water partition coefficient (Wildman–Crippen LogP) is 2.16. The first-order valence-electron chi connectivity index (χ1n) is 8.02. The van der Waals surface area contributed by atoms with E-state index in [2.05, 4.69) is 25.5 Å². The lowest BCUT2D eigenvalue weighted by Gasteiger charge is -2.10. The van der Waals surface area contributed by atoms with Gasteiger partial charge in [0.2, 0.25) is 11.8 Å². The molecule has 4 rings (SSSR count). The molecule has 1 aliphatic heterocycles. The summed E-state index contributed by atoms with van der Waals surface area (Å²) in [4.78, 5) is 20.0. The summed E-state index contributed by atoms with van der Waals surface area (Å²) in [5.74, 6) is 0.179. The molecule has 8 nitrogen and oxygen atoms in total. The molecule has 1 aliphatic rings. The summed E-state index contributed by atoms with van der Waals surface area (Å²) in [6.45, 7) is 4.50. The fraction of sp³-hybridized carbons (Fsp3) is 0.294. The van der Waals surface area contributed by atoms with E-state index in [-0.39, 0.29) is 12.0 Å². The van der Waals surface area contributed by atoms with Crippen molar-refractivity contribution < 1.29 is 9.15 Å². The Hall–Kier alpha value is -3.16. The van der Waals surface area contributed by atoms with Crippen molar-refractivity contribution in [3.05, 3.63) is 52.6 Å². The summed E-state index contributed by atoms with van der Waals surface area (Å²) in [5, 5.41) is 9.56. The molecule has 1 atom stereocenters. The zero-order chi connectivity index (χ0) is 17.4. The van der Waals surface area contributed by atoms with Gasteiger partial charge in [-0.1, -0.05) is 6.07 Å². The van der Waals surface area contributed by atoms with Gasteiger partial charge in [0.15, 0.2) is 0 Å². The highest BCUT2D eigenvalue weighted by molar-refractivity contribution is 5.69. The van der Waals surface area contributed by atoms with Gasteiger partial charge in [-0.25, -0.2) is 14.9 Å². The van der Waals surface area contributed by atoms with E-state index in [0.717, 1.165) is 22.5 Å². The number of aromatic nitrogens is 4. The van der Waals surface area contributed by atoms with Crippen LogP contribution >= 0.6 is 0 Å². The molecule has 0 bridgehead atoms. The van der Waals surface area contributed by atoms with Crippen molar-refractivity contribution in [3.8, 4) is 17.1 Å². The van der Waals surface area contributed by atoms with Crippen LogP contribution in [0, 0.1) is 0 Å². The molecule has 1 unspecified atom stereocenters. The third-order valence-electron chi connectivity index (χ3n) is 3.94. The zero-order valence-corrected chi connectivity index (χ0v) is 13.8. The van der Waals surface area contributed by atoms with E-state index in [1.807, 2.05) is 32.0 Å². The first kappa shape index (κ1) is 15.4. The summed E-state index contributed by atoms with van der Waals surface area (Å²) < 4.78 is 10.7. The highest BCUT2D eigenvalue weighted by Crippen LogP contribution is 2.37. The van der Waals surface area contributed by atoms with E-state index < -0.39 is 5.76 Å². The second-order valence-electron chi connectivity index (χ2n) is 6.10. The van der Waals surface area contributed by atoms with E-state index in [4.69, 9.17) is 9.15 Å². The number of nitrogens with one attached hydrogen (secondary N) is 2. The summed E-state index contributed by atoms with van der Waals surface area (Å²) in [7, 11) is 0. The van der Waals surface area contributed by atoms with Crippen molar-refractivity contribution in [1.82, 2.24) is 20.2 Å². The molecular weight excluding hydrogens is 322 g/mol. The highest BCUT2D eigenvalue weighted by Gasteiger charge is 2.28. The van der Waals surface area contributed by atoms with E-state index in [1.54, 1.807) is 12.4 Å². The maximum Gasteiger partial charge on any atom is 0.434 e. The lowest BCUT2D eigenvalue weighted by molar-refractivity contribution is 0.232. The molecule has 2 N–H and O–H groups in total. The van der Waals surface area contributed by atoms with Crippen molar-refractivity contribution >= 4 is 5.69 Å². The van der Waals surface area contributed by atoms with Crippen LogP contribution in [0.4, 0.5) is 5.69 Å². The molecule has 0 amide bonds. The Bertz CT molecular complexity index is 963. The normalized spacial score (nSPS) is 15.9. The zero-order valence-electron chi connectivity index (χ0n) is 13.8. The van der Waals surface area contributed by atoms with Gasteiger partial charge >= 0.3 is 5.76 Å². The van der Waals surface area contributed by atoms with Crippen LogP contribution in [-0.4, -0.2) is 32.8 Å². The fourth-order valence-electron chi connectivity index (χ4n) is 2.89. The number of fused-ring (bicyclic) bond motifs is 1. The minimum absolute atomic E-state index is 0.0284. The Morgan fingerprint density at radius 2 is 2.20 bits per heavy atom. The van der Waals surface area contributed by atoms with E-state index in [1.165, 1.54) is 0 Å². The van der Waals surface area contributed by atoms with Crippen molar-refractivity contribution in [3.63, 3.8) is 0 Å². The Balaban J connectivity index is 1.70. The van der Waals surface area contributed by atoms with Crippen molar-refractivity contribution in [2.45, 2.75) is 25.9 Å². The van der Waals surface area contributed by atoms with Gasteiger partial charge in [0.1, 0.15) is 0 Å². The van der Waals surface area contributed by atoms with Crippen LogP contribution in [0.2, 0.25) is 0 Å². The molecule has 3 heterocycles. The highest BCUT2D eigenvalue weighted by atomic mass is 16.5. The molecule has 128 valence electrons. The lowest BCUT2D eigenvalue weighted by atomic mass is 9.98. The maximum absolute atomic E-state index is 11.2. The molecule has 8 heteroatoms. The van der Waals surface area contributed by atoms with Gasteiger partial charge in [0.05, 0.1) is 30.1 Å². The first-order valence-corrected chi connectivity index (χ1v) is 8.02. The minimum Gasteiger partial charge on any atom is -0.474 e. The van der Waals surface area contributed by atoms with Gasteiger partial charge in [-0.3, -0.25) is 4.98 Å². The number of rotatable bonds is 4. The van der Waals surface area contributed by atoms with Crippen LogP contribution in [-0.2, 0) is 0 Å². The Labute approximate surface area is 143 Å². The predicted molar refractivity (Wildman–Crippen MR) is 90.7 cm³/mol. The quantitative estimate of drug-likeness (QED) is 0.750. The van der Waals surface area contributed by atoms with Crippen molar-refractivity contribution in [2.24, 2.45) is 0 Å². The van der Waals surface area contributed by atoms with Gasteiger partial charge in [-0.15, -0.1) is 5.10 Å². The molecule has 0 radical (unpaired) electrons. The SMILES string of the molecule is CC(C)Oc1cncc(-c2ccc3c(c2)C(c2n[nH]c(=O)o2)CN3)n1. The molecule has 0 aliphatic carbocycles. The van der Waals surface area contributed by atoms with Crippen molar-refractivity contribution in [1.29, 1.82) is 0 Å². The number of hydrogen-bond donors (Lipinski definition) is 2. The number of benzene rings is 1. The van der Waals surface area contributed by atoms with Crippen molar-refractivity contribution in [2.75, 3.05) is 11.9 Å². The van der Waals surface area contributed by atoms with Gasteiger partial charge in [0.25, 0.3) is 0 Å². The summed E-state index contributed by atoms with van der Waals surface area (Å²) >= 11 is 0. The Morgan fingerprint density at radius 3 is 2.96 bits per heavy atom.